The number of esters is 1. The third-order valence-corrected chi connectivity index (χ3v) is 1.17. The van der Waals surface area contributed by atoms with Crippen molar-refractivity contribution in [3.63, 3.8) is 0 Å². The van der Waals surface area contributed by atoms with Gasteiger partial charge in [-0.2, -0.15) is 0 Å². The van der Waals surface area contributed by atoms with E-state index in [1.54, 1.807) is 0 Å². The van der Waals surface area contributed by atoms with E-state index in [4.69, 9.17) is 9.66 Å². The molecule has 0 radical (unpaired) electrons. The molecule has 0 saturated heterocycles. The van der Waals surface area contributed by atoms with Crippen molar-refractivity contribution in [2.45, 2.75) is 5.44 Å². The Balaban J connectivity index is 3.88. The molecular weight excluding hydrogens is 148 g/mol. The molecule has 2 N–H and O–H groups in total. The first-order valence-electron chi connectivity index (χ1n) is 1.95. The second-order valence-corrected chi connectivity index (χ2v) is 2.15. The molecule has 0 spiro atoms. The molecule has 0 aliphatic rings. The lowest BCUT2D eigenvalue weighted by atomic mass is 10.7. The fraction of sp³-hybridized carbons (Fsp3) is 0.667. The van der Waals surface area contributed by atoms with E-state index < -0.39 is 22.5 Å². The van der Waals surface area contributed by atoms with E-state index >= 15 is 0 Å². The Kier molecular flexibility index (Phi) is 3.36. The van der Waals surface area contributed by atoms with E-state index in [9.17, 15) is 9.00 Å². The van der Waals surface area contributed by atoms with E-state index in [-0.39, 0.29) is 0 Å². The van der Waals surface area contributed by atoms with Crippen LogP contribution in [0.5, 0.6) is 0 Å². The second-order valence-electron chi connectivity index (χ2n) is 1.15. The molecule has 5 nitrogen and oxygen atoms in total. The Morgan fingerprint density at radius 1 is 1.78 bits per heavy atom. The molecule has 0 heterocycles. The zero-order valence-corrected chi connectivity index (χ0v) is 5.42. The molecule has 0 aliphatic heterocycles. The van der Waals surface area contributed by atoms with Crippen molar-refractivity contribution < 1.29 is 23.4 Å². The fourth-order valence-electron chi connectivity index (χ4n) is 0.183. The van der Waals surface area contributed by atoms with Crippen LogP contribution in [0, 0.1) is 0 Å². The largest absolute Gasteiger partial charge is 0.466 e. The predicted octanol–water partition coefficient (Wildman–Crippen LogP) is -1.30. The molecule has 0 rings (SSSR count). The molecule has 0 aromatic carbocycles. The van der Waals surface area contributed by atoms with Gasteiger partial charge in [-0.25, -0.2) is 9.00 Å². The third-order valence-electron chi connectivity index (χ3n) is 0.594. The quantitative estimate of drug-likeness (QED) is 0.381. The molecule has 1 unspecified atom stereocenters. The van der Waals surface area contributed by atoms with E-state index in [0.29, 0.717) is 0 Å². The summed E-state index contributed by atoms with van der Waals surface area (Å²) in [4.78, 5) is 10.1. The lowest BCUT2D eigenvalue weighted by Crippen LogP contribution is -2.25. The maximum atomic E-state index is 10.1. The second kappa shape index (κ2) is 3.54. The van der Waals surface area contributed by atoms with Gasteiger partial charge in [0, 0.05) is 0 Å². The number of hydrogen-bond acceptors (Lipinski definition) is 4. The summed E-state index contributed by atoms with van der Waals surface area (Å²) in [6.07, 6.45) is 0. The maximum absolute atomic E-state index is 10.1. The van der Waals surface area contributed by atoms with Crippen LogP contribution in [0.2, 0.25) is 0 Å². The van der Waals surface area contributed by atoms with Crippen LogP contribution in [0.4, 0.5) is 0 Å². The molecule has 6 heteroatoms. The molecule has 0 aromatic heterocycles. The number of ether oxygens (including phenoxy) is 1. The summed E-state index contributed by atoms with van der Waals surface area (Å²) in [7, 11) is 1.01. The predicted molar refractivity (Wildman–Crippen MR) is 28.8 cm³/mol. The van der Waals surface area contributed by atoms with E-state index in [1.807, 2.05) is 0 Å². The zero-order chi connectivity index (χ0) is 7.44. The van der Waals surface area contributed by atoms with Gasteiger partial charge in [0.1, 0.15) is 0 Å². The first-order chi connectivity index (χ1) is 4.09. The Labute approximate surface area is 53.9 Å². The average Bonchev–Trinajstić information content (AvgIpc) is 1.84. The number of carbonyl (C=O) groups excluding carboxylic acids is 1. The summed E-state index contributed by atoms with van der Waals surface area (Å²) in [5, 5.41) is 8.37. The van der Waals surface area contributed by atoms with Crippen molar-refractivity contribution in [3.05, 3.63) is 0 Å². The zero-order valence-electron chi connectivity index (χ0n) is 4.60. The van der Waals surface area contributed by atoms with Crippen molar-refractivity contribution >= 4 is 17.0 Å². The Hall–Kier alpha value is -0.460. The normalized spacial score (nSPS) is 16.3. The third kappa shape index (κ3) is 2.54. The van der Waals surface area contributed by atoms with Crippen LogP contribution in [0.1, 0.15) is 0 Å². The molecule has 0 fully saturated rings. The average molecular weight is 154 g/mol. The van der Waals surface area contributed by atoms with Crippen molar-refractivity contribution in [1.82, 2.24) is 0 Å². The van der Waals surface area contributed by atoms with Crippen LogP contribution < -0.4 is 0 Å². The number of hydrogen-bond donors (Lipinski definition) is 2. The molecule has 0 amide bonds. The number of aliphatic hydroxyl groups excluding tert-OH is 1. The minimum Gasteiger partial charge on any atom is -0.466 e. The van der Waals surface area contributed by atoms with Crippen LogP contribution in [0.3, 0.4) is 0 Å². The Morgan fingerprint density at radius 2 is 2.22 bits per heavy atom. The summed E-state index contributed by atoms with van der Waals surface area (Å²) in [5.74, 6) is -1.11. The van der Waals surface area contributed by atoms with Gasteiger partial charge in [0.25, 0.3) is 5.44 Å². The number of aliphatic hydroxyl groups is 1. The molecular formula is C3H6O5S. The fourth-order valence-corrected chi connectivity index (χ4v) is 0.444. The summed E-state index contributed by atoms with van der Waals surface area (Å²) < 4.78 is 21.8. The minimum atomic E-state index is -2.56. The van der Waals surface area contributed by atoms with Crippen LogP contribution in [0.25, 0.3) is 0 Å². The first kappa shape index (κ1) is 8.54. The molecule has 0 saturated carbocycles. The van der Waals surface area contributed by atoms with E-state index in [1.165, 1.54) is 0 Å². The molecule has 9 heavy (non-hydrogen) atoms. The molecule has 0 bridgehead atoms. The lowest BCUT2D eigenvalue weighted by Gasteiger charge is -2.00. The topological polar surface area (TPSA) is 83.8 Å². The highest BCUT2D eigenvalue weighted by atomic mass is 32.2. The van der Waals surface area contributed by atoms with Gasteiger partial charge < -0.3 is 14.4 Å². The van der Waals surface area contributed by atoms with Crippen molar-refractivity contribution in [1.29, 1.82) is 0 Å². The van der Waals surface area contributed by atoms with E-state index in [0.717, 1.165) is 7.11 Å². The summed E-state index contributed by atoms with van der Waals surface area (Å²) >= 11 is -2.56. The number of methoxy groups -OCH3 is 1. The van der Waals surface area contributed by atoms with Crippen LogP contribution >= 0.6 is 0 Å². The highest BCUT2D eigenvalue weighted by Gasteiger charge is 2.20. The molecule has 54 valence electrons. The smallest absolute Gasteiger partial charge is 0.350 e. The summed E-state index contributed by atoms with van der Waals surface area (Å²) in [6.45, 7) is 0. The number of carbonyl (C=O) groups is 1. The number of rotatable bonds is 2. The monoisotopic (exact) mass is 154 g/mol. The molecule has 0 aromatic rings. The minimum absolute atomic E-state index is 1.01. The van der Waals surface area contributed by atoms with Gasteiger partial charge in [0.2, 0.25) is 0 Å². The summed E-state index contributed by atoms with van der Waals surface area (Å²) in [5.41, 5.74) is -1.95. The Bertz CT molecular complexity index is 132. The summed E-state index contributed by atoms with van der Waals surface area (Å²) in [6, 6.07) is 0. The van der Waals surface area contributed by atoms with Gasteiger partial charge in [-0.3, -0.25) is 0 Å². The van der Waals surface area contributed by atoms with Crippen molar-refractivity contribution in [3.8, 4) is 0 Å². The molecule has 0 aliphatic carbocycles. The van der Waals surface area contributed by atoms with Crippen molar-refractivity contribution in [2.24, 2.45) is 0 Å². The van der Waals surface area contributed by atoms with Gasteiger partial charge in [-0.15, -0.1) is 0 Å². The van der Waals surface area contributed by atoms with Gasteiger partial charge in [0.15, 0.2) is 11.1 Å². The maximum Gasteiger partial charge on any atom is 0.350 e. The van der Waals surface area contributed by atoms with Crippen LogP contribution in [-0.2, 0) is 20.6 Å². The van der Waals surface area contributed by atoms with Gasteiger partial charge >= 0.3 is 5.97 Å². The van der Waals surface area contributed by atoms with Crippen molar-refractivity contribution in [2.75, 3.05) is 7.11 Å². The standard InChI is InChI=1S/C3H6O5S/c1-8-2(4)3(5)9(6)7/h3,5H,1H3,(H,6,7). The highest BCUT2D eigenvalue weighted by molar-refractivity contribution is 7.80. The highest BCUT2D eigenvalue weighted by Crippen LogP contribution is 1.89. The SMILES string of the molecule is COC(=O)C(O)[S@](=O)O. The lowest BCUT2D eigenvalue weighted by molar-refractivity contribution is -0.145. The van der Waals surface area contributed by atoms with Crippen LogP contribution in [-0.4, -0.2) is 32.4 Å². The van der Waals surface area contributed by atoms with Crippen LogP contribution in [0.15, 0.2) is 0 Å². The van der Waals surface area contributed by atoms with E-state index in [2.05, 4.69) is 4.74 Å². The Morgan fingerprint density at radius 3 is 2.33 bits per heavy atom. The molecule has 2 atom stereocenters. The van der Waals surface area contributed by atoms with Gasteiger partial charge in [0.05, 0.1) is 7.11 Å². The van der Waals surface area contributed by atoms with Gasteiger partial charge in [-0.05, 0) is 0 Å². The first-order valence-corrected chi connectivity index (χ1v) is 3.12. The van der Waals surface area contributed by atoms with Gasteiger partial charge in [-0.1, -0.05) is 0 Å².